The van der Waals surface area contributed by atoms with Crippen LogP contribution in [-0.4, -0.2) is 48.4 Å². The highest BCUT2D eigenvalue weighted by molar-refractivity contribution is 5.89. The fourth-order valence-corrected chi connectivity index (χ4v) is 5.12. The van der Waals surface area contributed by atoms with Crippen LogP contribution in [0.2, 0.25) is 0 Å². The van der Waals surface area contributed by atoms with E-state index in [1.54, 1.807) is 14.0 Å². The number of hydrogen-bond acceptors (Lipinski definition) is 3. The van der Waals surface area contributed by atoms with Crippen LogP contribution < -0.4 is 4.74 Å². The van der Waals surface area contributed by atoms with Gasteiger partial charge in [0.25, 0.3) is 0 Å². The van der Waals surface area contributed by atoms with E-state index in [-0.39, 0.29) is 17.9 Å². The SMILES string of the molecule is COc1ccc(C2(C(=O)N3CCN(C(C)=O)C(c4ccccc4)C3)CCCC2)cc1. The number of benzene rings is 2. The van der Waals surface area contributed by atoms with Gasteiger partial charge in [-0.15, -0.1) is 0 Å². The van der Waals surface area contributed by atoms with E-state index in [4.69, 9.17) is 4.74 Å². The van der Waals surface area contributed by atoms with Crippen molar-refractivity contribution in [2.75, 3.05) is 26.7 Å². The zero-order chi connectivity index (χ0) is 21.1. The molecule has 1 saturated heterocycles. The van der Waals surface area contributed by atoms with Crippen molar-refractivity contribution < 1.29 is 14.3 Å². The van der Waals surface area contributed by atoms with Crippen molar-refractivity contribution in [2.45, 2.75) is 44.1 Å². The minimum Gasteiger partial charge on any atom is -0.497 e. The van der Waals surface area contributed by atoms with Crippen LogP contribution in [0.15, 0.2) is 54.6 Å². The number of nitrogens with zero attached hydrogens (tertiary/aromatic N) is 2. The van der Waals surface area contributed by atoms with E-state index in [0.717, 1.165) is 42.6 Å². The minimum atomic E-state index is -0.466. The Kier molecular flexibility index (Phi) is 5.80. The lowest BCUT2D eigenvalue weighted by molar-refractivity contribution is -0.145. The highest BCUT2D eigenvalue weighted by Crippen LogP contribution is 2.44. The first-order valence-electron chi connectivity index (χ1n) is 10.8. The number of ether oxygens (including phenoxy) is 1. The summed E-state index contributed by atoms with van der Waals surface area (Å²) in [6.07, 6.45) is 3.88. The molecule has 0 N–H and O–H groups in total. The number of carbonyl (C=O) groups is 2. The summed E-state index contributed by atoms with van der Waals surface area (Å²) in [4.78, 5) is 30.1. The molecule has 2 aromatic rings. The highest BCUT2D eigenvalue weighted by Gasteiger charge is 2.46. The number of hydrogen-bond donors (Lipinski definition) is 0. The van der Waals surface area contributed by atoms with Crippen molar-refractivity contribution in [1.82, 2.24) is 9.80 Å². The van der Waals surface area contributed by atoms with Gasteiger partial charge in [-0.1, -0.05) is 55.3 Å². The Morgan fingerprint density at radius 1 is 0.967 bits per heavy atom. The molecule has 5 nitrogen and oxygen atoms in total. The summed E-state index contributed by atoms with van der Waals surface area (Å²) in [5, 5.41) is 0. The maximum absolute atomic E-state index is 13.9. The van der Waals surface area contributed by atoms with Gasteiger partial charge >= 0.3 is 0 Å². The average Bonchev–Trinajstić information content (AvgIpc) is 3.30. The van der Waals surface area contributed by atoms with Crippen molar-refractivity contribution in [3.63, 3.8) is 0 Å². The summed E-state index contributed by atoms with van der Waals surface area (Å²) in [5.74, 6) is 1.06. The van der Waals surface area contributed by atoms with Crippen LogP contribution in [0, 0.1) is 0 Å². The lowest BCUT2D eigenvalue weighted by Gasteiger charge is -2.44. The molecule has 0 radical (unpaired) electrons. The van der Waals surface area contributed by atoms with Gasteiger partial charge in [0.2, 0.25) is 11.8 Å². The van der Waals surface area contributed by atoms with Crippen LogP contribution >= 0.6 is 0 Å². The lowest BCUT2D eigenvalue weighted by atomic mass is 9.77. The second-order valence-electron chi connectivity index (χ2n) is 8.41. The van der Waals surface area contributed by atoms with E-state index in [0.29, 0.717) is 19.6 Å². The normalized spacial score (nSPS) is 20.8. The molecule has 30 heavy (non-hydrogen) atoms. The van der Waals surface area contributed by atoms with Gasteiger partial charge in [-0.2, -0.15) is 0 Å². The number of carbonyl (C=O) groups excluding carboxylic acids is 2. The number of methoxy groups -OCH3 is 1. The Morgan fingerprint density at radius 3 is 2.23 bits per heavy atom. The smallest absolute Gasteiger partial charge is 0.233 e. The van der Waals surface area contributed by atoms with Crippen molar-refractivity contribution >= 4 is 11.8 Å². The lowest BCUT2D eigenvalue weighted by Crippen LogP contribution is -2.55. The number of amides is 2. The van der Waals surface area contributed by atoms with Gasteiger partial charge in [0.15, 0.2) is 0 Å². The maximum atomic E-state index is 13.9. The second-order valence-corrected chi connectivity index (χ2v) is 8.41. The fraction of sp³-hybridized carbons (Fsp3) is 0.440. The standard InChI is InChI=1S/C25H30N2O3/c1-19(28)27-17-16-26(18-23(27)20-8-4-3-5-9-20)24(29)25(14-6-7-15-25)21-10-12-22(30-2)13-11-21/h3-5,8-13,23H,6-7,14-18H2,1-2H3. The van der Waals surface area contributed by atoms with Gasteiger partial charge in [-0.25, -0.2) is 0 Å². The molecule has 2 amide bonds. The van der Waals surface area contributed by atoms with E-state index in [1.807, 2.05) is 64.4 Å². The van der Waals surface area contributed by atoms with E-state index >= 15 is 0 Å². The average molecular weight is 407 g/mol. The molecule has 0 spiro atoms. The Balaban J connectivity index is 1.63. The Labute approximate surface area is 178 Å². The van der Waals surface area contributed by atoms with E-state index in [9.17, 15) is 9.59 Å². The first-order chi connectivity index (χ1) is 14.5. The Hall–Kier alpha value is -2.82. The van der Waals surface area contributed by atoms with Crippen LogP contribution in [0.4, 0.5) is 0 Å². The third-order valence-corrected chi connectivity index (χ3v) is 6.77. The Morgan fingerprint density at radius 2 is 1.63 bits per heavy atom. The van der Waals surface area contributed by atoms with Crippen LogP contribution in [0.1, 0.15) is 49.8 Å². The monoisotopic (exact) mass is 406 g/mol. The van der Waals surface area contributed by atoms with Crippen molar-refractivity contribution in [1.29, 1.82) is 0 Å². The molecule has 1 atom stereocenters. The van der Waals surface area contributed by atoms with Gasteiger partial charge in [-0.05, 0) is 36.1 Å². The molecule has 2 fully saturated rings. The molecule has 2 aliphatic rings. The summed E-state index contributed by atoms with van der Waals surface area (Å²) in [7, 11) is 1.66. The summed E-state index contributed by atoms with van der Waals surface area (Å²) in [6.45, 7) is 3.31. The first-order valence-corrected chi connectivity index (χ1v) is 10.8. The minimum absolute atomic E-state index is 0.0571. The Bertz CT molecular complexity index is 888. The molecule has 1 unspecified atom stereocenters. The summed E-state index contributed by atoms with van der Waals surface area (Å²) in [6, 6.07) is 17.9. The molecule has 1 saturated carbocycles. The van der Waals surface area contributed by atoms with Crippen molar-refractivity contribution in [2.24, 2.45) is 0 Å². The quantitative estimate of drug-likeness (QED) is 0.773. The molecular weight excluding hydrogens is 376 g/mol. The molecule has 0 aromatic heterocycles. The largest absolute Gasteiger partial charge is 0.497 e. The van der Waals surface area contributed by atoms with E-state index < -0.39 is 5.41 Å². The number of piperazine rings is 1. The predicted octanol–water partition coefficient (Wildman–Crippen LogP) is 3.94. The topological polar surface area (TPSA) is 49.9 Å². The third kappa shape index (κ3) is 3.69. The van der Waals surface area contributed by atoms with Crippen LogP contribution in [-0.2, 0) is 15.0 Å². The van der Waals surface area contributed by atoms with Crippen LogP contribution in [0.5, 0.6) is 5.75 Å². The van der Waals surface area contributed by atoms with Crippen molar-refractivity contribution in [3.8, 4) is 5.75 Å². The van der Waals surface area contributed by atoms with Gasteiger partial charge < -0.3 is 14.5 Å². The molecule has 0 bridgehead atoms. The molecule has 1 heterocycles. The molecule has 4 rings (SSSR count). The second kappa shape index (κ2) is 8.50. The van der Waals surface area contributed by atoms with Gasteiger partial charge in [-0.3, -0.25) is 9.59 Å². The van der Waals surface area contributed by atoms with Crippen molar-refractivity contribution in [3.05, 3.63) is 65.7 Å². The summed E-state index contributed by atoms with van der Waals surface area (Å²) in [5.41, 5.74) is 1.69. The molecule has 5 heteroatoms. The molecule has 2 aromatic carbocycles. The molecule has 158 valence electrons. The number of rotatable bonds is 4. The van der Waals surface area contributed by atoms with Gasteiger partial charge in [0, 0.05) is 26.6 Å². The highest BCUT2D eigenvalue weighted by atomic mass is 16.5. The van der Waals surface area contributed by atoms with E-state index in [1.165, 1.54) is 0 Å². The maximum Gasteiger partial charge on any atom is 0.233 e. The summed E-state index contributed by atoms with van der Waals surface area (Å²) < 4.78 is 5.31. The van der Waals surface area contributed by atoms with Crippen LogP contribution in [0.25, 0.3) is 0 Å². The molecule has 1 aliphatic carbocycles. The van der Waals surface area contributed by atoms with Gasteiger partial charge in [0.1, 0.15) is 5.75 Å². The van der Waals surface area contributed by atoms with Gasteiger partial charge in [0.05, 0.1) is 18.6 Å². The zero-order valence-corrected chi connectivity index (χ0v) is 17.8. The zero-order valence-electron chi connectivity index (χ0n) is 17.8. The third-order valence-electron chi connectivity index (χ3n) is 6.77. The fourth-order valence-electron chi connectivity index (χ4n) is 5.12. The van der Waals surface area contributed by atoms with Crippen LogP contribution in [0.3, 0.4) is 0 Å². The van der Waals surface area contributed by atoms with E-state index in [2.05, 4.69) is 0 Å². The first kappa shape index (κ1) is 20.5. The molecule has 1 aliphatic heterocycles. The summed E-state index contributed by atoms with van der Waals surface area (Å²) >= 11 is 0. The predicted molar refractivity (Wildman–Crippen MR) is 116 cm³/mol. The molecular formula is C25H30N2O3.